The highest BCUT2D eigenvalue weighted by atomic mass is 15.7. The molecular formula is C21H22N4. The predicted octanol–water partition coefficient (Wildman–Crippen LogP) is 3.92. The van der Waals surface area contributed by atoms with Crippen LogP contribution < -0.4 is 19.6 Å². The summed E-state index contributed by atoms with van der Waals surface area (Å²) >= 11 is 0. The van der Waals surface area contributed by atoms with Gasteiger partial charge in [-0.2, -0.15) is 0 Å². The standard InChI is InChI=1S/C21H22N4/c1-22-16-11-5-6-12-17(16)23(2)21(22)24(3)18-13-7-9-15-10-8-14-19(20(15)18)25(21)4/h5-14H,1-4H3. The number of hydrogen-bond acceptors (Lipinski definition) is 4. The van der Waals surface area contributed by atoms with Crippen LogP contribution in [-0.2, 0) is 0 Å². The summed E-state index contributed by atoms with van der Waals surface area (Å²) in [5.74, 6) is -0.410. The van der Waals surface area contributed by atoms with E-state index in [-0.39, 0.29) is 0 Å². The summed E-state index contributed by atoms with van der Waals surface area (Å²) < 4.78 is 0. The molecule has 2 aliphatic rings. The van der Waals surface area contributed by atoms with Gasteiger partial charge in [-0.1, -0.05) is 36.4 Å². The molecule has 1 spiro atoms. The lowest BCUT2D eigenvalue weighted by atomic mass is 10.0. The van der Waals surface area contributed by atoms with Gasteiger partial charge >= 0.3 is 0 Å². The fraction of sp³-hybridized carbons (Fsp3) is 0.238. The number of benzene rings is 3. The number of fused-ring (bicyclic) bond motifs is 1. The summed E-state index contributed by atoms with van der Waals surface area (Å²) in [4.78, 5) is 9.53. The van der Waals surface area contributed by atoms with Gasteiger partial charge < -0.3 is 19.6 Å². The SMILES string of the molecule is CN1c2ccccc2N(C)C12N(C)c1cccc3cccc(c13)N2C. The van der Waals surface area contributed by atoms with E-state index < -0.39 is 5.91 Å². The van der Waals surface area contributed by atoms with Crippen LogP contribution in [0.5, 0.6) is 0 Å². The lowest BCUT2D eigenvalue weighted by molar-refractivity contribution is 0.399. The third-order valence-electron chi connectivity index (χ3n) is 5.99. The smallest absolute Gasteiger partial charge is 0.277 e. The molecule has 0 amide bonds. The Balaban J connectivity index is 1.83. The minimum absolute atomic E-state index is 0.410. The summed E-state index contributed by atoms with van der Waals surface area (Å²) in [5, 5.41) is 2.60. The van der Waals surface area contributed by atoms with E-state index in [2.05, 4.69) is 108 Å². The molecule has 0 saturated carbocycles. The van der Waals surface area contributed by atoms with Gasteiger partial charge in [-0.15, -0.1) is 0 Å². The van der Waals surface area contributed by atoms with Gasteiger partial charge in [0.1, 0.15) is 0 Å². The zero-order chi connectivity index (χ0) is 17.3. The summed E-state index contributed by atoms with van der Waals surface area (Å²) in [6.07, 6.45) is 0. The highest BCUT2D eigenvalue weighted by Crippen LogP contribution is 2.52. The molecule has 0 unspecified atom stereocenters. The number of rotatable bonds is 0. The number of hydrogen-bond donors (Lipinski definition) is 0. The molecule has 25 heavy (non-hydrogen) atoms. The summed E-state index contributed by atoms with van der Waals surface area (Å²) in [5.41, 5.74) is 5.01. The van der Waals surface area contributed by atoms with Crippen molar-refractivity contribution in [2.75, 3.05) is 47.8 Å². The molecule has 0 fully saturated rings. The second-order valence-corrected chi connectivity index (χ2v) is 6.98. The van der Waals surface area contributed by atoms with Gasteiger partial charge in [-0.25, -0.2) is 0 Å². The molecule has 5 rings (SSSR count). The normalized spacial score (nSPS) is 17.6. The Kier molecular flexibility index (Phi) is 2.66. The zero-order valence-electron chi connectivity index (χ0n) is 15.1. The van der Waals surface area contributed by atoms with Crippen molar-refractivity contribution >= 4 is 33.5 Å². The molecule has 3 aromatic carbocycles. The number of anilines is 4. The van der Waals surface area contributed by atoms with Gasteiger partial charge in [0.2, 0.25) is 0 Å². The molecule has 4 nitrogen and oxygen atoms in total. The van der Waals surface area contributed by atoms with Gasteiger partial charge in [-0.3, -0.25) is 0 Å². The summed E-state index contributed by atoms with van der Waals surface area (Å²) in [7, 11) is 8.76. The second kappa shape index (κ2) is 4.60. The summed E-state index contributed by atoms with van der Waals surface area (Å²) in [6, 6.07) is 21.8. The summed E-state index contributed by atoms with van der Waals surface area (Å²) in [6.45, 7) is 0. The molecule has 0 aromatic heterocycles. The number of para-hydroxylation sites is 2. The first-order valence-electron chi connectivity index (χ1n) is 8.64. The van der Waals surface area contributed by atoms with Gasteiger partial charge in [0.25, 0.3) is 5.91 Å². The molecule has 3 aromatic rings. The van der Waals surface area contributed by atoms with Crippen molar-refractivity contribution in [1.29, 1.82) is 0 Å². The Morgan fingerprint density at radius 1 is 0.520 bits per heavy atom. The molecule has 0 radical (unpaired) electrons. The molecule has 0 atom stereocenters. The Morgan fingerprint density at radius 3 is 1.40 bits per heavy atom. The Bertz CT molecular complexity index is 920. The van der Waals surface area contributed by atoms with Crippen molar-refractivity contribution in [3.63, 3.8) is 0 Å². The van der Waals surface area contributed by atoms with Crippen LogP contribution in [-0.4, -0.2) is 34.1 Å². The van der Waals surface area contributed by atoms with Crippen LogP contribution in [0.2, 0.25) is 0 Å². The van der Waals surface area contributed by atoms with E-state index in [0.29, 0.717) is 0 Å². The van der Waals surface area contributed by atoms with Crippen molar-refractivity contribution in [3.05, 3.63) is 60.7 Å². The van der Waals surface area contributed by atoms with Gasteiger partial charge in [0.15, 0.2) is 0 Å². The van der Waals surface area contributed by atoms with E-state index in [1.54, 1.807) is 0 Å². The van der Waals surface area contributed by atoms with E-state index in [4.69, 9.17) is 0 Å². The Hall–Kier alpha value is -2.88. The molecule has 126 valence electrons. The van der Waals surface area contributed by atoms with E-state index in [9.17, 15) is 0 Å². The maximum Gasteiger partial charge on any atom is 0.277 e. The zero-order valence-corrected chi connectivity index (χ0v) is 15.1. The molecule has 2 heterocycles. The largest absolute Gasteiger partial charge is 0.316 e. The highest BCUT2D eigenvalue weighted by Gasteiger charge is 2.55. The minimum atomic E-state index is -0.410. The van der Waals surface area contributed by atoms with Crippen molar-refractivity contribution in [1.82, 2.24) is 0 Å². The van der Waals surface area contributed by atoms with Gasteiger partial charge in [0.05, 0.1) is 22.7 Å². The number of nitrogens with zero attached hydrogens (tertiary/aromatic N) is 4. The van der Waals surface area contributed by atoms with Crippen molar-refractivity contribution in [2.24, 2.45) is 0 Å². The first kappa shape index (κ1) is 14.5. The molecule has 2 aliphatic heterocycles. The molecular weight excluding hydrogens is 308 g/mol. The molecule has 0 N–H and O–H groups in total. The third kappa shape index (κ3) is 1.48. The van der Waals surface area contributed by atoms with E-state index in [1.807, 2.05) is 0 Å². The predicted molar refractivity (Wildman–Crippen MR) is 107 cm³/mol. The maximum absolute atomic E-state index is 2.39. The molecule has 0 bridgehead atoms. The Morgan fingerprint density at radius 2 is 0.920 bits per heavy atom. The van der Waals surface area contributed by atoms with Crippen molar-refractivity contribution < 1.29 is 0 Å². The van der Waals surface area contributed by atoms with Gasteiger partial charge in [0, 0.05) is 33.6 Å². The molecule has 0 aliphatic carbocycles. The third-order valence-corrected chi connectivity index (χ3v) is 5.99. The topological polar surface area (TPSA) is 13.0 Å². The minimum Gasteiger partial charge on any atom is -0.316 e. The van der Waals surface area contributed by atoms with Crippen LogP contribution in [0.1, 0.15) is 0 Å². The average molecular weight is 330 g/mol. The van der Waals surface area contributed by atoms with E-state index in [1.165, 1.54) is 33.5 Å². The first-order valence-corrected chi connectivity index (χ1v) is 8.64. The fourth-order valence-corrected chi connectivity index (χ4v) is 4.89. The fourth-order valence-electron chi connectivity index (χ4n) is 4.89. The second-order valence-electron chi connectivity index (χ2n) is 6.98. The monoisotopic (exact) mass is 330 g/mol. The van der Waals surface area contributed by atoms with Crippen LogP contribution in [0, 0.1) is 0 Å². The van der Waals surface area contributed by atoms with E-state index >= 15 is 0 Å². The van der Waals surface area contributed by atoms with Crippen molar-refractivity contribution in [2.45, 2.75) is 5.91 Å². The average Bonchev–Trinajstić information content (AvgIpc) is 2.87. The Labute approximate surface area is 148 Å². The van der Waals surface area contributed by atoms with E-state index in [0.717, 1.165) is 0 Å². The van der Waals surface area contributed by atoms with Crippen LogP contribution in [0.4, 0.5) is 22.7 Å². The van der Waals surface area contributed by atoms with Gasteiger partial charge in [-0.05, 0) is 29.7 Å². The van der Waals surface area contributed by atoms with Crippen LogP contribution in [0.3, 0.4) is 0 Å². The lowest BCUT2D eigenvalue weighted by Crippen LogP contribution is -2.75. The van der Waals surface area contributed by atoms with Crippen LogP contribution in [0.25, 0.3) is 10.8 Å². The highest BCUT2D eigenvalue weighted by molar-refractivity contribution is 6.07. The molecule has 4 heteroatoms. The quantitative estimate of drug-likeness (QED) is 0.619. The first-order chi connectivity index (χ1) is 12.1. The maximum atomic E-state index is 2.39. The van der Waals surface area contributed by atoms with Crippen molar-refractivity contribution in [3.8, 4) is 0 Å². The van der Waals surface area contributed by atoms with Crippen LogP contribution in [0.15, 0.2) is 60.7 Å². The lowest BCUT2D eigenvalue weighted by Gasteiger charge is -2.57. The van der Waals surface area contributed by atoms with Crippen LogP contribution >= 0.6 is 0 Å². The molecule has 0 saturated heterocycles.